The van der Waals surface area contributed by atoms with Gasteiger partial charge < -0.3 is 34.9 Å². The average Bonchev–Trinajstić information content (AvgIpc) is 3.97. The summed E-state index contributed by atoms with van der Waals surface area (Å²) in [5.41, 5.74) is 8.82. The van der Waals surface area contributed by atoms with Crippen LogP contribution in [0.3, 0.4) is 0 Å². The summed E-state index contributed by atoms with van der Waals surface area (Å²) in [5, 5.41) is 12.7. The number of methoxy groups -OCH3 is 1. The molecule has 8 atom stereocenters. The third-order valence-electron chi connectivity index (χ3n) is 13.9. The van der Waals surface area contributed by atoms with E-state index in [1.165, 1.54) is 19.7 Å². The Balaban J connectivity index is 0.814. The number of carbonyl (C=O) groups excluding carboxylic acids is 3. The van der Waals surface area contributed by atoms with Crippen LogP contribution in [0.5, 0.6) is 0 Å². The van der Waals surface area contributed by atoms with E-state index in [0.29, 0.717) is 28.8 Å². The summed E-state index contributed by atoms with van der Waals surface area (Å²) in [7, 11) is 2.74. The molecule has 0 radical (unpaired) electrons. The molecule has 4 amide bonds. The molecule has 14 heteroatoms. The molecule has 0 unspecified atom stereocenters. The van der Waals surface area contributed by atoms with Crippen molar-refractivity contribution in [3.8, 4) is 23.1 Å². The normalized spacial score (nSPS) is 23.1. The average molecular weight is 855 g/mol. The number of nitrogens with zero attached hydrogens (tertiary/aromatic N) is 5. The molecule has 0 bridgehead atoms. The van der Waals surface area contributed by atoms with Gasteiger partial charge >= 0.3 is 12.2 Å². The third kappa shape index (κ3) is 6.92. The van der Waals surface area contributed by atoms with Crippen LogP contribution in [-0.4, -0.2) is 90.0 Å². The molecule has 2 saturated heterocycles. The van der Waals surface area contributed by atoms with Gasteiger partial charge in [0.1, 0.15) is 23.7 Å². The number of nitrogens with one attached hydrogen (secondary N) is 3. The van der Waals surface area contributed by atoms with E-state index in [4.69, 9.17) is 14.7 Å². The Morgan fingerprint density at radius 1 is 0.766 bits per heavy atom. The molecule has 14 nitrogen and oxygen atoms in total. The van der Waals surface area contributed by atoms with Crippen LogP contribution in [0.2, 0.25) is 0 Å². The molecule has 3 aliphatic carbocycles. The number of aryl methyl sites for hydroxylation is 2. The summed E-state index contributed by atoms with van der Waals surface area (Å²) in [6.45, 7) is 0. The lowest BCUT2D eigenvalue weighted by atomic mass is 9.91. The largest absolute Gasteiger partial charge is 0.465 e. The number of piperidine rings is 2. The van der Waals surface area contributed by atoms with E-state index in [0.717, 1.165) is 88.4 Å². The Bertz CT molecular complexity index is 2920. The lowest BCUT2D eigenvalue weighted by Crippen LogP contribution is -2.44. The van der Waals surface area contributed by atoms with Gasteiger partial charge in [-0.05, 0) is 97.4 Å². The van der Waals surface area contributed by atoms with Gasteiger partial charge in [-0.1, -0.05) is 78.6 Å². The van der Waals surface area contributed by atoms with Gasteiger partial charge in [0, 0.05) is 35.8 Å². The minimum Gasteiger partial charge on any atom is -0.465 e. The SMILES string of the molecule is COC(=O)N[C@@H](C(=O)N1[C@@H]2C[C@H]2C[C@H]1c1nc2cc(C#Cc3ccc4c(c3)CCc3nc([C@@H]5C[C@H]6C[C@H]6N5C(=O)[C@@H](c5ccccc5)N(C)C(=O)O)[nH]c3-4)ccc2[nH]1)c1ccccc1. The van der Waals surface area contributed by atoms with Crippen molar-refractivity contribution >= 4 is 35.0 Å². The molecule has 2 saturated carbocycles. The van der Waals surface area contributed by atoms with Crippen LogP contribution in [-0.2, 0) is 27.2 Å². The molecule has 4 fully saturated rings. The first-order valence-electron chi connectivity index (χ1n) is 21.9. The Morgan fingerprint density at radius 3 is 2.06 bits per heavy atom. The molecule has 5 aliphatic rings. The second kappa shape index (κ2) is 15.4. The van der Waals surface area contributed by atoms with Crippen molar-refractivity contribution in [2.24, 2.45) is 11.8 Å². The Hall–Kier alpha value is -7.40. The zero-order valence-corrected chi connectivity index (χ0v) is 35.3. The summed E-state index contributed by atoms with van der Waals surface area (Å²) in [6, 6.07) is 28.3. The Labute approximate surface area is 369 Å². The molecular formula is C50H46N8O6. The zero-order valence-electron chi connectivity index (χ0n) is 35.3. The number of ether oxygens (including phenoxy) is 1. The van der Waals surface area contributed by atoms with Crippen LogP contribution in [0, 0.1) is 23.7 Å². The highest BCUT2D eigenvalue weighted by atomic mass is 16.5. The molecule has 2 aromatic heterocycles. The van der Waals surface area contributed by atoms with Gasteiger partial charge in [0.15, 0.2) is 0 Å². The Morgan fingerprint density at radius 2 is 1.39 bits per heavy atom. The van der Waals surface area contributed by atoms with Gasteiger partial charge in [-0.25, -0.2) is 19.6 Å². The monoisotopic (exact) mass is 854 g/mol. The fraction of sp³-hybridized carbons (Fsp3) is 0.320. The molecule has 11 rings (SSSR count). The van der Waals surface area contributed by atoms with Crippen molar-refractivity contribution in [3.63, 3.8) is 0 Å². The summed E-state index contributed by atoms with van der Waals surface area (Å²) >= 11 is 0. The van der Waals surface area contributed by atoms with E-state index in [1.54, 1.807) is 0 Å². The lowest BCUT2D eigenvalue weighted by molar-refractivity contribution is -0.138. The molecule has 4 N–H and O–H groups in total. The van der Waals surface area contributed by atoms with Crippen LogP contribution in [0.15, 0.2) is 97.1 Å². The molecule has 4 heterocycles. The van der Waals surface area contributed by atoms with E-state index in [2.05, 4.69) is 39.3 Å². The van der Waals surface area contributed by atoms with Crippen molar-refractivity contribution in [2.45, 2.75) is 74.8 Å². The number of aromatic amines is 2. The number of amides is 4. The van der Waals surface area contributed by atoms with Crippen LogP contribution < -0.4 is 5.32 Å². The standard InChI is InChI=1S/C50H46N8O6/c1-56(50(62)63)44(30-11-7-4-8-12-30)48(60)58-39-24-33(39)26-41(58)46-52-36-20-17-31-21-27(15-18-34(31)43(36)54-46)13-14-28-16-19-35-37(22-28)53-45(51-35)40-25-32-23-38(32)57(40)47(59)42(55-49(61)64-2)29-9-5-3-6-10-29/h3-12,15-16,18-19,21-22,32-33,38-42,44H,17,20,23-26H2,1-2H3,(H,51,53)(H,52,54)(H,55,61)(H,62,63)/t32-,33+,38+,39+,40-,41-,42+,44+/m0/s1. The van der Waals surface area contributed by atoms with Crippen LogP contribution in [0.4, 0.5) is 9.59 Å². The molecule has 4 aromatic carbocycles. The van der Waals surface area contributed by atoms with Crippen LogP contribution in [0.25, 0.3) is 22.3 Å². The minimum atomic E-state index is -1.16. The number of hydrogen-bond acceptors (Lipinski definition) is 7. The highest BCUT2D eigenvalue weighted by molar-refractivity contribution is 5.89. The van der Waals surface area contributed by atoms with E-state index >= 15 is 0 Å². The number of aromatic nitrogens is 4. The Kier molecular flexibility index (Phi) is 9.52. The fourth-order valence-corrected chi connectivity index (χ4v) is 10.5. The van der Waals surface area contributed by atoms with Gasteiger partial charge in [0.25, 0.3) is 11.8 Å². The summed E-state index contributed by atoms with van der Waals surface area (Å²) in [6.07, 6.45) is 3.16. The second-order valence-corrected chi connectivity index (χ2v) is 17.7. The maximum atomic E-state index is 14.4. The topological polar surface area (TPSA) is 177 Å². The maximum Gasteiger partial charge on any atom is 0.407 e. The molecule has 2 aliphatic heterocycles. The lowest BCUT2D eigenvalue weighted by Gasteiger charge is -2.33. The summed E-state index contributed by atoms with van der Waals surface area (Å²) in [5.74, 6) is 8.53. The maximum absolute atomic E-state index is 14.4. The van der Waals surface area contributed by atoms with E-state index in [9.17, 15) is 24.3 Å². The number of alkyl carbamates (subject to hydrolysis) is 1. The molecule has 322 valence electrons. The number of H-pyrrole nitrogens is 2. The van der Waals surface area contributed by atoms with Gasteiger partial charge in [-0.3, -0.25) is 14.5 Å². The first-order chi connectivity index (χ1) is 31.1. The summed E-state index contributed by atoms with van der Waals surface area (Å²) in [4.78, 5) is 75.2. The van der Waals surface area contributed by atoms with Gasteiger partial charge in [0.05, 0.1) is 41.6 Å². The number of carboxylic acid groups (broad SMARTS) is 1. The molecule has 64 heavy (non-hydrogen) atoms. The number of likely N-dealkylation sites (tertiary alicyclic amines) is 2. The van der Waals surface area contributed by atoms with Crippen molar-refractivity contribution in [1.29, 1.82) is 0 Å². The predicted octanol–water partition coefficient (Wildman–Crippen LogP) is 7.22. The number of carbonyl (C=O) groups is 4. The van der Waals surface area contributed by atoms with Crippen molar-refractivity contribution < 1.29 is 29.0 Å². The van der Waals surface area contributed by atoms with Crippen LogP contribution in [0.1, 0.15) is 95.0 Å². The molecule has 6 aromatic rings. The summed E-state index contributed by atoms with van der Waals surface area (Å²) < 4.78 is 4.88. The first-order valence-corrected chi connectivity index (χ1v) is 21.9. The van der Waals surface area contributed by atoms with E-state index in [1.807, 2.05) is 94.7 Å². The van der Waals surface area contributed by atoms with E-state index < -0.39 is 24.3 Å². The third-order valence-corrected chi connectivity index (χ3v) is 13.9. The van der Waals surface area contributed by atoms with Gasteiger partial charge in [-0.2, -0.15) is 0 Å². The van der Waals surface area contributed by atoms with Crippen LogP contribution >= 0.6 is 0 Å². The minimum absolute atomic E-state index is 0.0764. The zero-order chi connectivity index (χ0) is 43.8. The molecular weight excluding hydrogens is 809 g/mol. The number of benzene rings is 4. The fourth-order valence-electron chi connectivity index (χ4n) is 10.5. The highest BCUT2D eigenvalue weighted by Crippen LogP contribution is 2.55. The predicted molar refractivity (Wildman–Crippen MR) is 235 cm³/mol. The number of hydrogen-bond donors (Lipinski definition) is 4. The number of likely N-dealkylation sites (N-methyl/N-ethyl adjacent to an activating group) is 1. The second-order valence-electron chi connectivity index (χ2n) is 17.7. The van der Waals surface area contributed by atoms with Gasteiger partial charge in [0.2, 0.25) is 0 Å². The number of fused-ring (bicyclic) bond motifs is 6. The quantitative estimate of drug-likeness (QED) is 0.116. The number of imidazole rings is 2. The van der Waals surface area contributed by atoms with Crippen molar-refractivity contribution in [1.82, 2.24) is 40.0 Å². The van der Waals surface area contributed by atoms with Crippen molar-refractivity contribution in [3.05, 3.63) is 142 Å². The number of rotatable bonds is 8. The van der Waals surface area contributed by atoms with Gasteiger partial charge in [-0.15, -0.1) is 0 Å². The van der Waals surface area contributed by atoms with Crippen molar-refractivity contribution in [2.75, 3.05) is 14.2 Å². The first kappa shape index (κ1) is 39.4. The highest BCUT2D eigenvalue weighted by Gasteiger charge is 2.58. The van der Waals surface area contributed by atoms with E-state index in [-0.39, 0.29) is 36.0 Å². The smallest absolute Gasteiger partial charge is 0.407 e. The molecule has 0 spiro atoms.